The van der Waals surface area contributed by atoms with Gasteiger partial charge in [-0.2, -0.15) is 4.98 Å². The van der Waals surface area contributed by atoms with E-state index in [9.17, 15) is 4.79 Å². The molecule has 0 unspecified atom stereocenters. The van der Waals surface area contributed by atoms with E-state index in [1.54, 1.807) is 30.3 Å². The van der Waals surface area contributed by atoms with Gasteiger partial charge in [0, 0.05) is 0 Å². The number of nitrogens with zero attached hydrogens (tertiary/aromatic N) is 4. The molecule has 0 atom stereocenters. The van der Waals surface area contributed by atoms with Crippen molar-refractivity contribution in [3.63, 3.8) is 0 Å². The Balaban J connectivity index is 1.69. The minimum atomic E-state index is -0.144. The van der Waals surface area contributed by atoms with E-state index in [0.29, 0.717) is 22.5 Å². The summed E-state index contributed by atoms with van der Waals surface area (Å²) in [6, 6.07) is 10.6. The highest BCUT2D eigenvalue weighted by Crippen LogP contribution is 2.17. The van der Waals surface area contributed by atoms with Crippen LogP contribution in [0.3, 0.4) is 0 Å². The molecule has 0 aliphatic rings. The van der Waals surface area contributed by atoms with E-state index < -0.39 is 0 Å². The van der Waals surface area contributed by atoms with Crippen LogP contribution in [0.2, 0.25) is 0 Å². The molecule has 4 aromatic rings. The van der Waals surface area contributed by atoms with Crippen molar-refractivity contribution in [2.24, 2.45) is 0 Å². The normalized spacial score (nSPS) is 11.1. The monoisotopic (exact) mass is 294 g/mol. The fourth-order valence-electron chi connectivity index (χ4n) is 2.19. The lowest BCUT2D eigenvalue weighted by atomic mass is 10.2. The maximum atomic E-state index is 12.4. The standard InChI is InChI=1S/C15H10N4O3/c20-15-10-4-1-2-5-11(10)16-9-19(15)8-13-17-14(22-18-13)12-6-3-7-21-12/h1-7,9H,8H2. The second-order valence-corrected chi connectivity index (χ2v) is 4.69. The summed E-state index contributed by atoms with van der Waals surface area (Å²) < 4.78 is 11.7. The van der Waals surface area contributed by atoms with Crippen LogP contribution in [0, 0.1) is 0 Å². The summed E-state index contributed by atoms with van der Waals surface area (Å²) in [4.78, 5) is 20.8. The highest BCUT2D eigenvalue weighted by atomic mass is 16.5. The molecule has 4 rings (SSSR count). The molecule has 1 aromatic carbocycles. The van der Waals surface area contributed by atoms with E-state index >= 15 is 0 Å². The summed E-state index contributed by atoms with van der Waals surface area (Å²) in [5.74, 6) is 1.15. The Bertz CT molecular complexity index is 985. The quantitative estimate of drug-likeness (QED) is 0.575. The predicted octanol–water partition coefficient (Wildman–Crippen LogP) is 2.09. The molecule has 0 N–H and O–H groups in total. The number of fused-ring (bicyclic) bond motifs is 1. The molecule has 3 heterocycles. The molecule has 0 spiro atoms. The Labute approximate surface area is 123 Å². The van der Waals surface area contributed by atoms with E-state index in [1.165, 1.54) is 17.2 Å². The molecule has 3 aromatic heterocycles. The van der Waals surface area contributed by atoms with Gasteiger partial charge in [0.05, 0.1) is 30.0 Å². The first-order chi connectivity index (χ1) is 10.8. The van der Waals surface area contributed by atoms with Crippen LogP contribution < -0.4 is 5.56 Å². The van der Waals surface area contributed by atoms with E-state index in [4.69, 9.17) is 8.94 Å². The van der Waals surface area contributed by atoms with Crippen molar-refractivity contribution in [3.8, 4) is 11.7 Å². The van der Waals surface area contributed by atoms with Crippen molar-refractivity contribution in [1.82, 2.24) is 19.7 Å². The zero-order valence-electron chi connectivity index (χ0n) is 11.3. The number of benzene rings is 1. The Morgan fingerprint density at radius 2 is 2.05 bits per heavy atom. The van der Waals surface area contributed by atoms with Gasteiger partial charge < -0.3 is 8.94 Å². The van der Waals surface area contributed by atoms with Crippen LogP contribution in [0.25, 0.3) is 22.6 Å². The lowest BCUT2D eigenvalue weighted by Crippen LogP contribution is -2.21. The molecule has 0 bridgehead atoms. The summed E-state index contributed by atoms with van der Waals surface area (Å²) in [6.07, 6.45) is 3.00. The molecular formula is C15H10N4O3. The number of hydrogen-bond donors (Lipinski definition) is 0. The SMILES string of the molecule is O=c1c2ccccc2ncn1Cc1noc(-c2ccco2)n1. The van der Waals surface area contributed by atoms with E-state index in [2.05, 4.69) is 15.1 Å². The average molecular weight is 294 g/mol. The zero-order chi connectivity index (χ0) is 14.9. The van der Waals surface area contributed by atoms with Crippen molar-refractivity contribution >= 4 is 10.9 Å². The largest absolute Gasteiger partial charge is 0.459 e. The molecule has 0 fully saturated rings. The second kappa shape index (κ2) is 4.96. The Morgan fingerprint density at radius 1 is 1.14 bits per heavy atom. The van der Waals surface area contributed by atoms with Crippen molar-refractivity contribution in [1.29, 1.82) is 0 Å². The van der Waals surface area contributed by atoms with E-state index in [0.717, 1.165) is 0 Å². The van der Waals surface area contributed by atoms with Gasteiger partial charge in [0.1, 0.15) is 0 Å². The molecule has 7 heteroatoms. The summed E-state index contributed by atoms with van der Waals surface area (Å²) in [5, 5.41) is 4.41. The second-order valence-electron chi connectivity index (χ2n) is 4.69. The summed E-state index contributed by atoms with van der Waals surface area (Å²) >= 11 is 0. The van der Waals surface area contributed by atoms with Crippen LogP contribution in [0.1, 0.15) is 5.82 Å². The van der Waals surface area contributed by atoms with E-state index in [1.807, 2.05) is 6.07 Å². The van der Waals surface area contributed by atoms with E-state index in [-0.39, 0.29) is 18.0 Å². The fourth-order valence-corrected chi connectivity index (χ4v) is 2.19. The van der Waals surface area contributed by atoms with Crippen LogP contribution in [-0.2, 0) is 6.54 Å². The highest BCUT2D eigenvalue weighted by Gasteiger charge is 2.12. The Morgan fingerprint density at radius 3 is 2.91 bits per heavy atom. The summed E-state index contributed by atoms with van der Waals surface area (Å²) in [6.45, 7) is 0.181. The molecule has 0 aliphatic carbocycles. The molecule has 0 amide bonds. The third kappa shape index (κ3) is 2.08. The van der Waals surface area contributed by atoms with Crippen molar-refractivity contribution in [2.75, 3.05) is 0 Å². The van der Waals surface area contributed by atoms with Gasteiger partial charge in [0.15, 0.2) is 11.6 Å². The lowest BCUT2D eigenvalue weighted by Gasteiger charge is -2.03. The van der Waals surface area contributed by atoms with Crippen molar-refractivity contribution in [3.05, 3.63) is 65.2 Å². The van der Waals surface area contributed by atoms with Crippen molar-refractivity contribution in [2.45, 2.75) is 6.54 Å². The number of para-hydroxylation sites is 1. The van der Waals surface area contributed by atoms with Gasteiger partial charge in [-0.1, -0.05) is 17.3 Å². The van der Waals surface area contributed by atoms with Crippen LogP contribution in [0.15, 0.2) is 62.7 Å². The minimum absolute atomic E-state index is 0.144. The van der Waals surface area contributed by atoms with Gasteiger partial charge >= 0.3 is 0 Å². The number of furan rings is 1. The Hall–Kier alpha value is -3.22. The molecule has 0 saturated carbocycles. The smallest absolute Gasteiger partial charge is 0.293 e. The number of hydrogen-bond acceptors (Lipinski definition) is 6. The lowest BCUT2D eigenvalue weighted by molar-refractivity contribution is 0.407. The molecule has 7 nitrogen and oxygen atoms in total. The third-order valence-electron chi connectivity index (χ3n) is 3.24. The van der Waals surface area contributed by atoms with Crippen LogP contribution >= 0.6 is 0 Å². The maximum absolute atomic E-state index is 12.4. The van der Waals surface area contributed by atoms with Gasteiger partial charge in [-0.25, -0.2) is 4.98 Å². The van der Waals surface area contributed by atoms with Crippen molar-refractivity contribution < 1.29 is 8.94 Å². The zero-order valence-corrected chi connectivity index (χ0v) is 11.3. The summed E-state index contributed by atoms with van der Waals surface area (Å²) in [7, 11) is 0. The van der Waals surface area contributed by atoms with Crippen LogP contribution in [0.5, 0.6) is 0 Å². The third-order valence-corrected chi connectivity index (χ3v) is 3.24. The first kappa shape index (κ1) is 12.5. The molecular weight excluding hydrogens is 284 g/mol. The molecule has 108 valence electrons. The van der Waals surface area contributed by atoms with Crippen LogP contribution in [-0.4, -0.2) is 19.7 Å². The van der Waals surface area contributed by atoms with Gasteiger partial charge in [0.2, 0.25) is 0 Å². The molecule has 22 heavy (non-hydrogen) atoms. The molecule has 0 aliphatic heterocycles. The Kier molecular flexibility index (Phi) is 2.82. The summed E-state index contributed by atoms with van der Waals surface area (Å²) in [5.41, 5.74) is 0.517. The van der Waals surface area contributed by atoms with Crippen LogP contribution in [0.4, 0.5) is 0 Å². The topological polar surface area (TPSA) is 87.0 Å². The predicted molar refractivity (Wildman–Crippen MR) is 77.1 cm³/mol. The first-order valence-corrected chi connectivity index (χ1v) is 6.62. The maximum Gasteiger partial charge on any atom is 0.293 e. The molecule has 0 saturated heterocycles. The van der Waals surface area contributed by atoms with Gasteiger partial charge in [-0.15, -0.1) is 0 Å². The average Bonchev–Trinajstić information content (AvgIpc) is 3.21. The van der Waals surface area contributed by atoms with Gasteiger partial charge in [-0.05, 0) is 24.3 Å². The van der Waals surface area contributed by atoms with Gasteiger partial charge in [0.25, 0.3) is 11.4 Å². The number of aromatic nitrogens is 4. The highest BCUT2D eigenvalue weighted by molar-refractivity contribution is 5.76. The molecule has 0 radical (unpaired) electrons. The first-order valence-electron chi connectivity index (χ1n) is 6.62. The number of rotatable bonds is 3. The fraction of sp³-hybridized carbons (Fsp3) is 0.0667. The van der Waals surface area contributed by atoms with Gasteiger partial charge in [-0.3, -0.25) is 9.36 Å². The minimum Gasteiger partial charge on any atom is -0.459 e.